The highest BCUT2D eigenvalue weighted by atomic mass is 16.4. The number of carbonyl (C=O) groups is 1. The van der Waals surface area contributed by atoms with Gasteiger partial charge in [0.05, 0.1) is 5.56 Å². The lowest BCUT2D eigenvalue weighted by atomic mass is 10.2. The molecule has 3 aromatic rings. The third kappa shape index (κ3) is 2.30. The normalized spacial score (nSPS) is 10.7. The van der Waals surface area contributed by atoms with E-state index in [0.29, 0.717) is 23.4 Å². The molecule has 0 fully saturated rings. The molecule has 0 saturated heterocycles. The van der Waals surface area contributed by atoms with Gasteiger partial charge in [0.2, 0.25) is 0 Å². The standard InChI is InChI=1S/C14H10N2O3/c17-14(18)10-1-2-11-12(8-10)19-13(16-11)7-9-3-5-15-6-4-9/h1-6,8H,7H2,(H,17,18). The molecule has 0 aliphatic carbocycles. The van der Waals surface area contributed by atoms with E-state index in [2.05, 4.69) is 9.97 Å². The summed E-state index contributed by atoms with van der Waals surface area (Å²) in [7, 11) is 0. The molecule has 3 rings (SSSR count). The number of benzene rings is 1. The molecule has 0 amide bonds. The number of fused-ring (bicyclic) bond motifs is 1. The molecule has 1 aromatic carbocycles. The van der Waals surface area contributed by atoms with E-state index in [9.17, 15) is 4.79 Å². The van der Waals surface area contributed by atoms with Gasteiger partial charge < -0.3 is 9.52 Å². The largest absolute Gasteiger partial charge is 0.478 e. The molecule has 5 nitrogen and oxygen atoms in total. The molecule has 0 radical (unpaired) electrons. The molecular formula is C14H10N2O3. The van der Waals surface area contributed by atoms with Crippen LogP contribution in [0.15, 0.2) is 47.1 Å². The number of carboxylic acid groups (broad SMARTS) is 1. The smallest absolute Gasteiger partial charge is 0.335 e. The van der Waals surface area contributed by atoms with Crippen molar-refractivity contribution in [3.63, 3.8) is 0 Å². The molecule has 1 N–H and O–H groups in total. The maximum atomic E-state index is 10.9. The van der Waals surface area contributed by atoms with Gasteiger partial charge in [-0.25, -0.2) is 9.78 Å². The summed E-state index contributed by atoms with van der Waals surface area (Å²) in [4.78, 5) is 19.1. The van der Waals surface area contributed by atoms with E-state index in [0.717, 1.165) is 5.56 Å². The van der Waals surface area contributed by atoms with Crippen LogP contribution in [0.2, 0.25) is 0 Å². The van der Waals surface area contributed by atoms with Crippen LogP contribution in [-0.4, -0.2) is 21.0 Å². The lowest BCUT2D eigenvalue weighted by Crippen LogP contribution is -1.94. The highest BCUT2D eigenvalue weighted by Gasteiger charge is 2.10. The monoisotopic (exact) mass is 254 g/mol. The van der Waals surface area contributed by atoms with Crippen molar-refractivity contribution in [2.75, 3.05) is 0 Å². The zero-order valence-corrected chi connectivity index (χ0v) is 9.91. The van der Waals surface area contributed by atoms with E-state index in [1.165, 1.54) is 12.1 Å². The van der Waals surface area contributed by atoms with Gasteiger partial charge in [-0.2, -0.15) is 0 Å². The van der Waals surface area contributed by atoms with Gasteiger partial charge in [0.15, 0.2) is 11.5 Å². The Bertz CT molecular complexity index is 735. The molecule has 2 heterocycles. The maximum absolute atomic E-state index is 10.9. The summed E-state index contributed by atoms with van der Waals surface area (Å²) in [5.41, 5.74) is 2.39. The van der Waals surface area contributed by atoms with E-state index in [-0.39, 0.29) is 5.56 Å². The number of pyridine rings is 1. The Morgan fingerprint density at radius 1 is 1.21 bits per heavy atom. The molecular weight excluding hydrogens is 244 g/mol. The molecule has 0 atom stereocenters. The topological polar surface area (TPSA) is 76.2 Å². The molecule has 0 aliphatic rings. The fourth-order valence-electron chi connectivity index (χ4n) is 1.86. The fourth-order valence-corrected chi connectivity index (χ4v) is 1.86. The first-order valence-corrected chi connectivity index (χ1v) is 5.74. The van der Waals surface area contributed by atoms with Crippen LogP contribution < -0.4 is 0 Å². The molecule has 19 heavy (non-hydrogen) atoms. The van der Waals surface area contributed by atoms with Crippen LogP contribution in [-0.2, 0) is 6.42 Å². The molecule has 0 spiro atoms. The number of aromatic nitrogens is 2. The Morgan fingerprint density at radius 3 is 2.74 bits per heavy atom. The average molecular weight is 254 g/mol. The van der Waals surface area contributed by atoms with Gasteiger partial charge in [0, 0.05) is 18.8 Å². The molecule has 94 valence electrons. The Hall–Kier alpha value is -2.69. The zero-order chi connectivity index (χ0) is 13.2. The number of hydrogen-bond donors (Lipinski definition) is 1. The minimum absolute atomic E-state index is 0.194. The first kappa shape index (κ1) is 11.4. The van der Waals surface area contributed by atoms with Crippen molar-refractivity contribution in [3.8, 4) is 0 Å². The van der Waals surface area contributed by atoms with Gasteiger partial charge in [-0.3, -0.25) is 4.98 Å². The van der Waals surface area contributed by atoms with Crippen LogP contribution in [0.1, 0.15) is 21.8 Å². The number of carboxylic acids is 1. The number of rotatable bonds is 3. The van der Waals surface area contributed by atoms with E-state index in [4.69, 9.17) is 9.52 Å². The van der Waals surface area contributed by atoms with Gasteiger partial charge in [0.1, 0.15) is 5.52 Å². The molecule has 2 aromatic heterocycles. The molecule has 5 heteroatoms. The Kier molecular flexibility index (Phi) is 2.72. The fraction of sp³-hybridized carbons (Fsp3) is 0.0714. The third-order valence-electron chi connectivity index (χ3n) is 2.78. The lowest BCUT2D eigenvalue weighted by molar-refractivity contribution is 0.0697. The average Bonchev–Trinajstić information content (AvgIpc) is 2.80. The van der Waals surface area contributed by atoms with E-state index < -0.39 is 5.97 Å². The molecule has 0 bridgehead atoms. The summed E-state index contributed by atoms with van der Waals surface area (Å²) in [6.07, 6.45) is 3.97. The van der Waals surface area contributed by atoms with E-state index >= 15 is 0 Å². The number of aromatic carboxylic acids is 1. The van der Waals surface area contributed by atoms with Crippen molar-refractivity contribution in [2.24, 2.45) is 0 Å². The quantitative estimate of drug-likeness (QED) is 0.777. The van der Waals surface area contributed by atoms with Crippen molar-refractivity contribution in [2.45, 2.75) is 6.42 Å². The molecule has 0 saturated carbocycles. The summed E-state index contributed by atoms with van der Waals surface area (Å²) in [6.45, 7) is 0. The summed E-state index contributed by atoms with van der Waals surface area (Å²) in [6, 6.07) is 8.43. The van der Waals surface area contributed by atoms with Gasteiger partial charge in [-0.05, 0) is 35.9 Å². The highest BCUT2D eigenvalue weighted by molar-refractivity contribution is 5.91. The van der Waals surface area contributed by atoms with E-state index in [1.54, 1.807) is 18.5 Å². The summed E-state index contributed by atoms with van der Waals surface area (Å²) in [5, 5.41) is 8.92. The maximum Gasteiger partial charge on any atom is 0.335 e. The van der Waals surface area contributed by atoms with Gasteiger partial charge in [-0.15, -0.1) is 0 Å². The van der Waals surface area contributed by atoms with Gasteiger partial charge >= 0.3 is 5.97 Å². The molecule has 0 unspecified atom stereocenters. The second kappa shape index (κ2) is 4.53. The van der Waals surface area contributed by atoms with Crippen molar-refractivity contribution >= 4 is 17.1 Å². The van der Waals surface area contributed by atoms with Crippen molar-refractivity contribution < 1.29 is 14.3 Å². The van der Waals surface area contributed by atoms with Crippen LogP contribution in [0.3, 0.4) is 0 Å². The second-order valence-electron chi connectivity index (χ2n) is 4.13. The Morgan fingerprint density at radius 2 is 2.00 bits per heavy atom. The first-order valence-electron chi connectivity index (χ1n) is 5.74. The number of nitrogens with zero attached hydrogens (tertiary/aromatic N) is 2. The molecule has 0 aliphatic heterocycles. The number of hydrogen-bond acceptors (Lipinski definition) is 4. The van der Waals surface area contributed by atoms with E-state index in [1.807, 2.05) is 12.1 Å². The summed E-state index contributed by atoms with van der Waals surface area (Å²) < 4.78 is 5.57. The van der Waals surface area contributed by atoms with Crippen LogP contribution in [0.5, 0.6) is 0 Å². The zero-order valence-electron chi connectivity index (χ0n) is 9.91. The predicted molar refractivity (Wildman–Crippen MR) is 68.0 cm³/mol. The van der Waals surface area contributed by atoms with Crippen molar-refractivity contribution in [1.29, 1.82) is 0 Å². The minimum atomic E-state index is -0.978. The lowest BCUT2D eigenvalue weighted by Gasteiger charge is -1.94. The summed E-state index contributed by atoms with van der Waals surface area (Å²) in [5.74, 6) is -0.419. The first-order chi connectivity index (χ1) is 9.22. The Balaban J connectivity index is 1.95. The van der Waals surface area contributed by atoms with Gasteiger partial charge in [-0.1, -0.05) is 0 Å². The van der Waals surface area contributed by atoms with Crippen molar-refractivity contribution in [3.05, 3.63) is 59.7 Å². The second-order valence-corrected chi connectivity index (χ2v) is 4.13. The van der Waals surface area contributed by atoms with Crippen LogP contribution in [0, 0.1) is 0 Å². The van der Waals surface area contributed by atoms with Crippen LogP contribution in [0.25, 0.3) is 11.1 Å². The number of oxazole rings is 1. The Labute approximate surface area is 108 Å². The van der Waals surface area contributed by atoms with Gasteiger partial charge in [0.25, 0.3) is 0 Å². The minimum Gasteiger partial charge on any atom is -0.478 e. The third-order valence-corrected chi connectivity index (χ3v) is 2.78. The highest BCUT2D eigenvalue weighted by Crippen LogP contribution is 2.19. The predicted octanol–water partition coefficient (Wildman–Crippen LogP) is 2.51. The van der Waals surface area contributed by atoms with Crippen molar-refractivity contribution in [1.82, 2.24) is 9.97 Å². The van der Waals surface area contributed by atoms with Crippen LogP contribution in [0.4, 0.5) is 0 Å². The SMILES string of the molecule is O=C(O)c1ccc2nc(Cc3ccncc3)oc2c1. The van der Waals surface area contributed by atoms with Crippen LogP contribution >= 0.6 is 0 Å². The summed E-state index contributed by atoms with van der Waals surface area (Å²) >= 11 is 0.